The average molecular weight is 434 g/mol. The number of likely N-dealkylation sites (tertiary alicyclic amines) is 1. The van der Waals surface area contributed by atoms with Crippen molar-refractivity contribution in [2.45, 2.75) is 50.2 Å². The first-order chi connectivity index (χ1) is 15.0. The van der Waals surface area contributed by atoms with E-state index in [-0.39, 0.29) is 19.0 Å². The zero-order valence-corrected chi connectivity index (χ0v) is 17.6. The van der Waals surface area contributed by atoms with Crippen molar-refractivity contribution in [3.8, 4) is 11.1 Å². The molecular formula is C24H32FNO5. The van der Waals surface area contributed by atoms with Gasteiger partial charge < -0.3 is 25.2 Å². The third kappa shape index (κ3) is 6.55. The summed E-state index contributed by atoms with van der Waals surface area (Å²) in [6.07, 6.45) is -0.727. The van der Waals surface area contributed by atoms with Crippen LogP contribution in [0, 0.1) is 5.82 Å². The summed E-state index contributed by atoms with van der Waals surface area (Å²) in [5, 5.41) is 39.1. The molecule has 0 unspecified atom stereocenters. The summed E-state index contributed by atoms with van der Waals surface area (Å²) >= 11 is 0. The summed E-state index contributed by atoms with van der Waals surface area (Å²) in [6, 6.07) is 13.9. The van der Waals surface area contributed by atoms with Crippen LogP contribution in [0.3, 0.4) is 0 Å². The third-order valence-corrected chi connectivity index (χ3v) is 5.83. The molecule has 0 spiro atoms. The van der Waals surface area contributed by atoms with E-state index in [2.05, 4.69) is 0 Å². The number of benzene rings is 2. The molecule has 1 saturated heterocycles. The summed E-state index contributed by atoms with van der Waals surface area (Å²) < 4.78 is 19.1. The lowest BCUT2D eigenvalue weighted by atomic mass is 9.94. The Kier molecular flexibility index (Phi) is 8.95. The molecule has 1 aliphatic rings. The first-order valence-corrected chi connectivity index (χ1v) is 10.8. The van der Waals surface area contributed by atoms with Crippen molar-refractivity contribution < 1.29 is 29.6 Å². The van der Waals surface area contributed by atoms with E-state index in [1.54, 1.807) is 6.07 Å². The topological polar surface area (TPSA) is 93.4 Å². The Morgan fingerprint density at radius 2 is 1.71 bits per heavy atom. The number of piperidine rings is 1. The Morgan fingerprint density at radius 1 is 0.935 bits per heavy atom. The predicted molar refractivity (Wildman–Crippen MR) is 116 cm³/mol. The SMILES string of the molecule is OC[C@H]1[C@@H](O)[C@H](O)[C@@H](O)CN1CCCCCOCc1ccc(-c2cccc(F)c2)cc1. The molecule has 0 amide bonds. The van der Waals surface area contributed by atoms with Crippen LogP contribution in [-0.2, 0) is 11.3 Å². The fourth-order valence-corrected chi connectivity index (χ4v) is 3.98. The lowest BCUT2D eigenvalue weighted by Gasteiger charge is -2.43. The Labute approximate surface area is 182 Å². The quantitative estimate of drug-likeness (QED) is 0.428. The van der Waals surface area contributed by atoms with E-state index in [9.17, 15) is 24.8 Å². The molecule has 2 aromatic rings. The van der Waals surface area contributed by atoms with E-state index >= 15 is 0 Å². The molecule has 31 heavy (non-hydrogen) atoms. The van der Waals surface area contributed by atoms with Crippen LogP contribution in [0.2, 0.25) is 0 Å². The number of unbranched alkanes of at least 4 members (excludes halogenated alkanes) is 2. The molecule has 0 radical (unpaired) electrons. The van der Waals surface area contributed by atoms with Gasteiger partial charge in [0.2, 0.25) is 0 Å². The zero-order chi connectivity index (χ0) is 22.2. The minimum atomic E-state index is -1.22. The number of ether oxygens (including phenoxy) is 1. The van der Waals surface area contributed by atoms with Crippen LogP contribution < -0.4 is 0 Å². The van der Waals surface area contributed by atoms with Gasteiger partial charge in [-0.2, -0.15) is 0 Å². The number of rotatable bonds is 10. The van der Waals surface area contributed by atoms with Gasteiger partial charge >= 0.3 is 0 Å². The lowest BCUT2D eigenvalue weighted by Crippen LogP contribution is -2.62. The molecule has 3 rings (SSSR count). The maximum atomic E-state index is 13.4. The fraction of sp³-hybridized carbons (Fsp3) is 0.500. The van der Waals surface area contributed by atoms with E-state index in [1.165, 1.54) is 12.1 Å². The van der Waals surface area contributed by atoms with Crippen LogP contribution in [-0.4, -0.2) is 76.0 Å². The Hall–Kier alpha value is -1.87. The van der Waals surface area contributed by atoms with E-state index in [1.807, 2.05) is 35.2 Å². The first kappa shape index (κ1) is 23.8. The van der Waals surface area contributed by atoms with Crippen LogP contribution in [0.15, 0.2) is 48.5 Å². The number of β-amino-alcohol motifs (C(OH)–C–C–N with tert-alkyl or cyclic N) is 1. The molecule has 0 saturated carbocycles. The maximum absolute atomic E-state index is 13.4. The second-order valence-corrected chi connectivity index (χ2v) is 8.11. The Morgan fingerprint density at radius 3 is 2.42 bits per heavy atom. The molecule has 170 valence electrons. The third-order valence-electron chi connectivity index (χ3n) is 5.83. The number of halogens is 1. The van der Waals surface area contributed by atoms with Crippen molar-refractivity contribution in [1.29, 1.82) is 0 Å². The second-order valence-electron chi connectivity index (χ2n) is 8.11. The summed E-state index contributed by atoms with van der Waals surface area (Å²) in [5.74, 6) is -0.248. The summed E-state index contributed by atoms with van der Waals surface area (Å²) in [5.41, 5.74) is 2.87. The molecule has 4 N–H and O–H groups in total. The van der Waals surface area contributed by atoms with E-state index in [4.69, 9.17) is 4.74 Å². The standard InChI is InChI=1S/C24H32FNO5/c25-20-6-4-5-19(13-20)18-9-7-17(8-10-18)16-31-12-3-1-2-11-26-14-22(28)24(30)23(29)21(26)15-27/h4-10,13,21-24,27-30H,1-3,11-12,14-16H2/t21-,22-,23+,24+/m0/s1. The number of aliphatic hydroxyl groups excluding tert-OH is 4. The zero-order valence-electron chi connectivity index (χ0n) is 17.6. The van der Waals surface area contributed by atoms with Gasteiger partial charge in [-0.15, -0.1) is 0 Å². The highest BCUT2D eigenvalue weighted by atomic mass is 19.1. The van der Waals surface area contributed by atoms with Gasteiger partial charge in [0.15, 0.2) is 0 Å². The molecular weight excluding hydrogens is 401 g/mol. The second kappa shape index (κ2) is 11.7. The highest BCUT2D eigenvalue weighted by molar-refractivity contribution is 5.63. The molecule has 1 aliphatic heterocycles. The van der Waals surface area contributed by atoms with Crippen molar-refractivity contribution in [2.24, 2.45) is 0 Å². The smallest absolute Gasteiger partial charge is 0.123 e. The minimum absolute atomic E-state index is 0.242. The van der Waals surface area contributed by atoms with E-state index in [0.29, 0.717) is 19.8 Å². The highest BCUT2D eigenvalue weighted by Gasteiger charge is 2.40. The molecule has 2 aromatic carbocycles. The van der Waals surface area contributed by atoms with Gasteiger partial charge in [0.1, 0.15) is 18.0 Å². The molecule has 7 heteroatoms. The Bertz CT molecular complexity index is 803. The van der Waals surface area contributed by atoms with Gasteiger partial charge in [0.05, 0.1) is 25.4 Å². The van der Waals surface area contributed by atoms with Crippen molar-refractivity contribution >= 4 is 0 Å². The largest absolute Gasteiger partial charge is 0.395 e. The molecule has 4 atom stereocenters. The highest BCUT2D eigenvalue weighted by Crippen LogP contribution is 2.21. The first-order valence-electron chi connectivity index (χ1n) is 10.8. The average Bonchev–Trinajstić information content (AvgIpc) is 2.77. The van der Waals surface area contributed by atoms with Gasteiger partial charge in [0, 0.05) is 13.2 Å². The molecule has 0 aromatic heterocycles. The van der Waals surface area contributed by atoms with Crippen molar-refractivity contribution in [1.82, 2.24) is 4.90 Å². The minimum Gasteiger partial charge on any atom is -0.395 e. The summed E-state index contributed by atoms with van der Waals surface area (Å²) in [6.45, 7) is 1.75. The van der Waals surface area contributed by atoms with Crippen molar-refractivity contribution in [3.05, 3.63) is 59.9 Å². The normalized spacial score (nSPS) is 24.4. The molecule has 1 heterocycles. The van der Waals surface area contributed by atoms with Gasteiger partial charge in [0.25, 0.3) is 0 Å². The summed E-state index contributed by atoms with van der Waals surface area (Å²) in [4.78, 5) is 1.84. The number of nitrogens with zero attached hydrogens (tertiary/aromatic N) is 1. The number of aliphatic hydroxyl groups is 4. The van der Waals surface area contributed by atoms with E-state index < -0.39 is 24.4 Å². The van der Waals surface area contributed by atoms with Crippen LogP contribution in [0.5, 0.6) is 0 Å². The van der Waals surface area contributed by atoms with Crippen LogP contribution in [0.1, 0.15) is 24.8 Å². The van der Waals surface area contributed by atoms with Gasteiger partial charge in [-0.25, -0.2) is 4.39 Å². The van der Waals surface area contributed by atoms with Crippen molar-refractivity contribution in [3.63, 3.8) is 0 Å². The summed E-state index contributed by atoms with van der Waals surface area (Å²) in [7, 11) is 0. The monoisotopic (exact) mass is 433 g/mol. The molecule has 0 bridgehead atoms. The Balaban J connectivity index is 1.33. The predicted octanol–water partition coefficient (Wildman–Crippen LogP) is 1.94. The van der Waals surface area contributed by atoms with Crippen LogP contribution >= 0.6 is 0 Å². The molecule has 6 nitrogen and oxygen atoms in total. The van der Waals surface area contributed by atoms with Crippen LogP contribution in [0.25, 0.3) is 11.1 Å². The van der Waals surface area contributed by atoms with Crippen molar-refractivity contribution in [2.75, 3.05) is 26.3 Å². The van der Waals surface area contributed by atoms with Gasteiger partial charge in [-0.3, -0.25) is 4.90 Å². The lowest BCUT2D eigenvalue weighted by molar-refractivity contribution is -0.145. The molecule has 1 fully saturated rings. The molecule has 0 aliphatic carbocycles. The van der Waals surface area contributed by atoms with Crippen LogP contribution in [0.4, 0.5) is 4.39 Å². The fourth-order valence-electron chi connectivity index (χ4n) is 3.98. The van der Waals surface area contributed by atoms with Gasteiger partial charge in [-0.1, -0.05) is 36.4 Å². The maximum Gasteiger partial charge on any atom is 0.123 e. The number of hydrogen-bond acceptors (Lipinski definition) is 6. The van der Waals surface area contributed by atoms with Gasteiger partial charge in [-0.05, 0) is 54.6 Å². The van der Waals surface area contributed by atoms with E-state index in [0.717, 1.165) is 36.0 Å². The number of hydrogen-bond donors (Lipinski definition) is 4.